The van der Waals surface area contributed by atoms with Crippen molar-refractivity contribution in [3.05, 3.63) is 70.8 Å². The van der Waals surface area contributed by atoms with Gasteiger partial charge in [0.25, 0.3) is 0 Å². The van der Waals surface area contributed by atoms with E-state index in [0.717, 1.165) is 12.8 Å². The molecule has 9 heteroatoms. The fourth-order valence-corrected chi connectivity index (χ4v) is 4.32. The van der Waals surface area contributed by atoms with Gasteiger partial charge in [-0.15, -0.1) is 0 Å². The van der Waals surface area contributed by atoms with Gasteiger partial charge in [0.05, 0.1) is 6.10 Å². The molecule has 8 N–H and O–H groups in total. The molecule has 0 aromatic heterocycles. The predicted octanol–water partition coefficient (Wildman–Crippen LogP) is 2.17. The fourth-order valence-electron chi connectivity index (χ4n) is 4.32. The van der Waals surface area contributed by atoms with Crippen LogP contribution in [0.15, 0.2) is 48.5 Å². The van der Waals surface area contributed by atoms with E-state index in [1.54, 1.807) is 13.8 Å². The van der Waals surface area contributed by atoms with Crippen molar-refractivity contribution in [3.8, 4) is 0 Å². The second-order valence-corrected chi connectivity index (χ2v) is 10.4. The first-order valence-electron chi connectivity index (χ1n) is 13.9. The van der Waals surface area contributed by atoms with Crippen LogP contribution in [0.1, 0.15) is 74.6 Å². The van der Waals surface area contributed by atoms with Crippen LogP contribution in [0.4, 0.5) is 0 Å². The van der Waals surface area contributed by atoms with Crippen molar-refractivity contribution in [1.29, 1.82) is 0 Å². The molecule has 3 rings (SSSR count). The van der Waals surface area contributed by atoms with Crippen molar-refractivity contribution in [3.63, 3.8) is 0 Å². The van der Waals surface area contributed by atoms with E-state index in [2.05, 4.69) is 53.8 Å². The Bertz CT molecular complexity index is 1010. The third-order valence-electron chi connectivity index (χ3n) is 6.68. The number of hydrogen-bond acceptors (Lipinski definition) is 6. The van der Waals surface area contributed by atoms with E-state index in [9.17, 15) is 14.4 Å². The summed E-state index contributed by atoms with van der Waals surface area (Å²) in [6.45, 7) is 5.93. The minimum atomic E-state index is -0.414. The fraction of sp³-hybridized carbons (Fsp3) is 0.516. The molecule has 2 aromatic rings. The van der Waals surface area contributed by atoms with E-state index in [1.807, 2.05) is 6.92 Å². The van der Waals surface area contributed by atoms with E-state index in [1.165, 1.54) is 22.3 Å². The first-order chi connectivity index (χ1) is 19.0. The number of benzene rings is 2. The first kappa shape index (κ1) is 34.8. The molecule has 3 atom stereocenters. The van der Waals surface area contributed by atoms with E-state index < -0.39 is 6.10 Å². The number of aryl methyl sites for hydroxylation is 2. The van der Waals surface area contributed by atoms with Gasteiger partial charge in [0.2, 0.25) is 17.7 Å². The summed E-state index contributed by atoms with van der Waals surface area (Å²) < 4.78 is 0. The van der Waals surface area contributed by atoms with Crippen LogP contribution in [-0.4, -0.2) is 58.9 Å². The molecule has 3 amide bonds. The zero-order valence-electron chi connectivity index (χ0n) is 24.0. The molecule has 0 spiro atoms. The van der Waals surface area contributed by atoms with Gasteiger partial charge >= 0.3 is 0 Å². The zero-order chi connectivity index (χ0) is 30.1. The molecule has 0 bridgehead atoms. The van der Waals surface area contributed by atoms with Crippen LogP contribution >= 0.6 is 0 Å². The topological polar surface area (TPSA) is 176 Å². The van der Waals surface area contributed by atoms with E-state index in [4.69, 9.17) is 26.8 Å². The van der Waals surface area contributed by atoms with Gasteiger partial charge < -0.3 is 32.1 Å². The van der Waals surface area contributed by atoms with Crippen LogP contribution in [0.5, 0.6) is 0 Å². The molecule has 0 radical (unpaired) electrons. The molecule has 1 aliphatic rings. The summed E-state index contributed by atoms with van der Waals surface area (Å²) in [6, 6.07) is 17.1. The van der Waals surface area contributed by atoms with Gasteiger partial charge in [-0.05, 0) is 60.8 Å². The Morgan fingerprint density at radius 1 is 0.875 bits per heavy atom. The molecule has 0 fully saturated rings. The van der Waals surface area contributed by atoms with Gasteiger partial charge in [0, 0.05) is 44.4 Å². The zero-order valence-corrected chi connectivity index (χ0v) is 24.0. The molecule has 40 heavy (non-hydrogen) atoms. The Morgan fingerprint density at radius 2 is 1.40 bits per heavy atom. The molecule has 0 saturated heterocycles. The van der Waals surface area contributed by atoms with Gasteiger partial charge in [-0.2, -0.15) is 0 Å². The molecule has 3 unspecified atom stereocenters. The third-order valence-corrected chi connectivity index (χ3v) is 6.68. The second kappa shape index (κ2) is 18.9. The Hall–Kier alpha value is -3.27. The van der Waals surface area contributed by atoms with Crippen LogP contribution in [0.2, 0.25) is 0 Å². The number of hydrogen-bond donors (Lipinski definition) is 6. The Kier molecular flexibility index (Phi) is 16.4. The van der Waals surface area contributed by atoms with E-state index >= 15 is 0 Å². The monoisotopic (exact) mass is 557 g/mol. The van der Waals surface area contributed by atoms with Gasteiger partial charge in [0.1, 0.15) is 0 Å². The van der Waals surface area contributed by atoms with Crippen molar-refractivity contribution in [2.24, 2.45) is 23.3 Å². The van der Waals surface area contributed by atoms with Crippen LogP contribution in [0, 0.1) is 11.8 Å². The summed E-state index contributed by atoms with van der Waals surface area (Å²) in [6.07, 6.45) is 3.19. The molecule has 0 heterocycles. The molecule has 0 aliphatic heterocycles. The second-order valence-electron chi connectivity index (χ2n) is 10.4. The molecular weight excluding hydrogens is 510 g/mol. The van der Waals surface area contributed by atoms with Gasteiger partial charge in [-0.1, -0.05) is 62.4 Å². The number of carbonyl (C=O) groups excluding carboxylic acids is 3. The van der Waals surface area contributed by atoms with Crippen molar-refractivity contribution in [2.75, 3.05) is 19.8 Å². The lowest BCUT2D eigenvalue weighted by Gasteiger charge is -2.22. The number of aliphatic hydroxyl groups is 3. The largest absolute Gasteiger partial charge is 0.396 e. The Balaban J connectivity index is 0.000000412. The Morgan fingerprint density at radius 3 is 1.77 bits per heavy atom. The number of rotatable bonds is 11. The highest BCUT2D eigenvalue weighted by atomic mass is 16.3. The highest BCUT2D eigenvalue weighted by Crippen LogP contribution is 2.33. The standard InChI is InChI=1S/C21H25NO2.2C5H11NO2/c1-15(12-13-23)21(24)22-14-20-18-8-4-2-6-16(18)10-11-17-7-3-5-9-19(17)20;1-4(3-7)2-5(6)8;1-4(7)2-3-5(6)8/h2-9,15,20,23H,10-14H2,1H3,(H,22,24);2*4,7H,2-3H2,1H3,(H2,6,8). The predicted molar refractivity (Wildman–Crippen MR) is 156 cm³/mol. The van der Waals surface area contributed by atoms with Crippen LogP contribution in [0.3, 0.4) is 0 Å². The number of nitrogens with two attached hydrogens (primary N) is 2. The summed E-state index contributed by atoms with van der Waals surface area (Å²) in [5.74, 6) is -0.662. The average molecular weight is 558 g/mol. The molecular formula is C31H47N3O6. The molecule has 1 aliphatic carbocycles. The van der Waals surface area contributed by atoms with Crippen LogP contribution < -0.4 is 16.8 Å². The maximum Gasteiger partial charge on any atom is 0.222 e. The number of aliphatic hydroxyl groups excluding tert-OH is 3. The summed E-state index contributed by atoms with van der Waals surface area (Å²) in [5.41, 5.74) is 15.0. The summed E-state index contributed by atoms with van der Waals surface area (Å²) >= 11 is 0. The first-order valence-corrected chi connectivity index (χ1v) is 13.9. The lowest BCUT2D eigenvalue weighted by molar-refractivity contribution is -0.125. The molecule has 9 nitrogen and oxygen atoms in total. The number of carbonyl (C=O) groups is 3. The molecule has 0 saturated carbocycles. The lowest BCUT2D eigenvalue weighted by atomic mass is 9.88. The lowest BCUT2D eigenvalue weighted by Crippen LogP contribution is -2.33. The van der Waals surface area contributed by atoms with Gasteiger partial charge in [-0.3, -0.25) is 14.4 Å². The van der Waals surface area contributed by atoms with Crippen molar-refractivity contribution >= 4 is 17.7 Å². The maximum atomic E-state index is 12.3. The van der Waals surface area contributed by atoms with Crippen molar-refractivity contribution in [1.82, 2.24) is 5.32 Å². The average Bonchev–Trinajstić information content (AvgIpc) is 3.08. The highest BCUT2D eigenvalue weighted by molar-refractivity contribution is 5.78. The van der Waals surface area contributed by atoms with Crippen molar-refractivity contribution in [2.45, 2.75) is 71.3 Å². The van der Waals surface area contributed by atoms with Crippen LogP contribution in [-0.2, 0) is 27.2 Å². The van der Waals surface area contributed by atoms with Gasteiger partial charge in [-0.25, -0.2) is 0 Å². The normalized spacial score (nSPS) is 14.3. The highest BCUT2D eigenvalue weighted by Gasteiger charge is 2.24. The molecule has 2 aromatic carbocycles. The minimum Gasteiger partial charge on any atom is -0.396 e. The SMILES string of the molecule is CC(CCO)C(=O)NCC1c2ccccc2CCc2ccccc21.CC(CO)CC(N)=O.CC(O)CCC(N)=O. The van der Waals surface area contributed by atoms with E-state index in [-0.39, 0.29) is 61.5 Å². The quantitative estimate of drug-likeness (QED) is 0.247. The number of nitrogens with one attached hydrogen (secondary N) is 1. The number of fused-ring (bicyclic) bond motifs is 2. The van der Waals surface area contributed by atoms with Crippen LogP contribution in [0.25, 0.3) is 0 Å². The summed E-state index contributed by atoms with van der Waals surface area (Å²) in [7, 11) is 0. The summed E-state index contributed by atoms with van der Waals surface area (Å²) in [5, 5.41) is 29.1. The smallest absolute Gasteiger partial charge is 0.222 e. The third kappa shape index (κ3) is 13.2. The van der Waals surface area contributed by atoms with Gasteiger partial charge in [0.15, 0.2) is 0 Å². The van der Waals surface area contributed by atoms with Crippen molar-refractivity contribution < 1.29 is 29.7 Å². The molecule has 222 valence electrons. The van der Waals surface area contributed by atoms with E-state index in [0.29, 0.717) is 19.4 Å². The number of primary amides is 2. The number of amides is 3. The maximum absolute atomic E-state index is 12.3. The summed E-state index contributed by atoms with van der Waals surface area (Å²) in [4.78, 5) is 32.4. The Labute approximate surface area is 238 Å². The minimum absolute atomic E-state index is 0.00694.